The van der Waals surface area contributed by atoms with E-state index < -0.39 is 0 Å². The lowest BCUT2D eigenvalue weighted by Crippen LogP contribution is -2.07. The predicted molar refractivity (Wildman–Crippen MR) is 74.0 cm³/mol. The van der Waals surface area contributed by atoms with Gasteiger partial charge in [-0.2, -0.15) is 0 Å². The number of rotatable bonds is 6. The van der Waals surface area contributed by atoms with Gasteiger partial charge in [0.15, 0.2) is 0 Å². The highest BCUT2D eigenvalue weighted by atomic mass is 15.0. The van der Waals surface area contributed by atoms with Crippen molar-refractivity contribution in [3.8, 4) is 0 Å². The first-order valence-electron chi connectivity index (χ1n) is 6.64. The Labute approximate surface area is 103 Å². The van der Waals surface area contributed by atoms with Crippen molar-refractivity contribution >= 4 is 10.9 Å². The van der Waals surface area contributed by atoms with Crippen molar-refractivity contribution in [1.82, 2.24) is 4.57 Å². The second-order valence-corrected chi connectivity index (χ2v) is 4.61. The number of unbranched alkanes of at least 4 members (excludes halogenated alkanes) is 3. The largest absolute Gasteiger partial charge is 0.343 e. The smallest absolute Gasteiger partial charge is 0.0482 e. The van der Waals surface area contributed by atoms with Crippen LogP contribution in [0.15, 0.2) is 30.3 Å². The number of benzene rings is 1. The summed E-state index contributed by atoms with van der Waals surface area (Å²) in [6, 6.07) is 10.8. The molecule has 0 saturated heterocycles. The van der Waals surface area contributed by atoms with Crippen molar-refractivity contribution in [3.63, 3.8) is 0 Å². The summed E-state index contributed by atoms with van der Waals surface area (Å²) < 4.78 is 2.38. The molecule has 0 unspecified atom stereocenters. The van der Waals surface area contributed by atoms with Crippen LogP contribution in [0.4, 0.5) is 0 Å². The lowest BCUT2D eigenvalue weighted by atomic mass is 10.2. The molecule has 1 aromatic carbocycles. The molecule has 2 N–H and O–H groups in total. The summed E-state index contributed by atoms with van der Waals surface area (Å²) in [5.41, 5.74) is 8.40. The van der Waals surface area contributed by atoms with Gasteiger partial charge in [0, 0.05) is 24.3 Å². The summed E-state index contributed by atoms with van der Waals surface area (Å²) in [6.07, 6.45) is 5.18. The molecule has 0 amide bonds. The fourth-order valence-electron chi connectivity index (χ4n) is 2.40. The van der Waals surface area contributed by atoms with E-state index in [9.17, 15) is 0 Å². The molecule has 0 aliphatic carbocycles. The maximum atomic E-state index is 5.82. The van der Waals surface area contributed by atoms with Crippen LogP contribution in [0.2, 0.25) is 0 Å². The fourth-order valence-corrected chi connectivity index (χ4v) is 2.40. The summed E-state index contributed by atoms with van der Waals surface area (Å²) in [5.74, 6) is 0. The number of nitrogens with zero attached hydrogens (tertiary/aromatic N) is 1. The van der Waals surface area contributed by atoms with Crippen LogP contribution in [0.5, 0.6) is 0 Å². The van der Waals surface area contributed by atoms with E-state index >= 15 is 0 Å². The number of aryl methyl sites for hydroxylation is 1. The van der Waals surface area contributed by atoms with Crippen LogP contribution in [-0.4, -0.2) is 4.57 Å². The molecule has 0 radical (unpaired) electrons. The van der Waals surface area contributed by atoms with Crippen LogP contribution in [-0.2, 0) is 13.1 Å². The molecule has 0 aliphatic heterocycles. The molecular weight excluding hydrogens is 208 g/mol. The van der Waals surface area contributed by atoms with Crippen molar-refractivity contribution < 1.29 is 0 Å². The average Bonchev–Trinajstić information content (AvgIpc) is 2.73. The third-order valence-corrected chi connectivity index (χ3v) is 3.34. The minimum absolute atomic E-state index is 0.627. The summed E-state index contributed by atoms with van der Waals surface area (Å²) in [6.45, 7) is 3.97. The molecule has 0 atom stereocenters. The molecule has 0 fully saturated rings. The standard InChI is InChI=1S/C15H22N2/c1-2-3-4-7-10-17-14(12-16)11-13-8-5-6-9-15(13)17/h5-6,8-9,11H,2-4,7,10,12,16H2,1H3. The Kier molecular flexibility index (Phi) is 4.21. The topological polar surface area (TPSA) is 30.9 Å². The number of para-hydroxylation sites is 1. The Morgan fingerprint density at radius 1 is 1.12 bits per heavy atom. The van der Waals surface area contributed by atoms with Crippen LogP contribution in [0.3, 0.4) is 0 Å². The number of aromatic nitrogens is 1. The number of hydrogen-bond donors (Lipinski definition) is 1. The lowest BCUT2D eigenvalue weighted by molar-refractivity contribution is 0.580. The van der Waals surface area contributed by atoms with Crippen molar-refractivity contribution in [3.05, 3.63) is 36.0 Å². The fraction of sp³-hybridized carbons (Fsp3) is 0.467. The van der Waals surface area contributed by atoms with Gasteiger partial charge in [0.1, 0.15) is 0 Å². The summed E-state index contributed by atoms with van der Waals surface area (Å²) in [5, 5.41) is 1.31. The molecule has 17 heavy (non-hydrogen) atoms. The molecule has 0 saturated carbocycles. The molecule has 0 spiro atoms. The third kappa shape index (κ3) is 2.70. The molecule has 2 rings (SSSR count). The van der Waals surface area contributed by atoms with E-state index in [4.69, 9.17) is 5.73 Å². The highest BCUT2D eigenvalue weighted by molar-refractivity contribution is 5.81. The first kappa shape index (κ1) is 12.2. The van der Waals surface area contributed by atoms with Crippen LogP contribution in [0, 0.1) is 0 Å². The Balaban J connectivity index is 2.18. The zero-order valence-electron chi connectivity index (χ0n) is 10.7. The van der Waals surface area contributed by atoms with Gasteiger partial charge < -0.3 is 10.3 Å². The van der Waals surface area contributed by atoms with E-state index in [0.29, 0.717) is 6.54 Å². The van der Waals surface area contributed by atoms with Gasteiger partial charge in [-0.1, -0.05) is 44.4 Å². The Hall–Kier alpha value is -1.28. The zero-order valence-corrected chi connectivity index (χ0v) is 10.7. The van der Waals surface area contributed by atoms with Gasteiger partial charge >= 0.3 is 0 Å². The Morgan fingerprint density at radius 3 is 2.71 bits per heavy atom. The van der Waals surface area contributed by atoms with Gasteiger partial charge in [0.05, 0.1) is 0 Å². The maximum Gasteiger partial charge on any atom is 0.0482 e. The summed E-state index contributed by atoms with van der Waals surface area (Å²) in [4.78, 5) is 0. The predicted octanol–water partition coefficient (Wildman–Crippen LogP) is 3.68. The van der Waals surface area contributed by atoms with Crippen molar-refractivity contribution in [2.75, 3.05) is 0 Å². The van der Waals surface area contributed by atoms with Crippen molar-refractivity contribution in [2.45, 2.75) is 45.7 Å². The minimum Gasteiger partial charge on any atom is -0.343 e. The average molecular weight is 230 g/mol. The molecule has 2 aromatic rings. The van der Waals surface area contributed by atoms with Gasteiger partial charge in [-0.25, -0.2) is 0 Å². The quantitative estimate of drug-likeness (QED) is 0.754. The van der Waals surface area contributed by atoms with Gasteiger partial charge in [0.25, 0.3) is 0 Å². The molecule has 0 bridgehead atoms. The van der Waals surface area contributed by atoms with E-state index in [0.717, 1.165) is 6.54 Å². The van der Waals surface area contributed by atoms with E-state index in [2.05, 4.69) is 41.8 Å². The molecular formula is C15H22N2. The molecule has 2 nitrogen and oxygen atoms in total. The normalized spacial score (nSPS) is 11.2. The molecule has 0 aliphatic rings. The molecule has 1 heterocycles. The van der Waals surface area contributed by atoms with Crippen molar-refractivity contribution in [1.29, 1.82) is 0 Å². The zero-order chi connectivity index (χ0) is 12.1. The maximum absolute atomic E-state index is 5.82. The van der Waals surface area contributed by atoms with Gasteiger partial charge in [-0.3, -0.25) is 0 Å². The number of nitrogens with two attached hydrogens (primary N) is 1. The van der Waals surface area contributed by atoms with E-state index in [1.165, 1.54) is 42.3 Å². The van der Waals surface area contributed by atoms with Crippen LogP contribution in [0.1, 0.15) is 38.3 Å². The molecule has 1 aromatic heterocycles. The van der Waals surface area contributed by atoms with Crippen molar-refractivity contribution in [2.24, 2.45) is 5.73 Å². The molecule has 92 valence electrons. The van der Waals surface area contributed by atoms with Crippen LogP contribution < -0.4 is 5.73 Å². The first-order chi connectivity index (χ1) is 8.36. The van der Waals surface area contributed by atoms with E-state index in [1.54, 1.807) is 0 Å². The van der Waals surface area contributed by atoms with Gasteiger partial charge in [0.2, 0.25) is 0 Å². The van der Waals surface area contributed by atoms with E-state index in [-0.39, 0.29) is 0 Å². The summed E-state index contributed by atoms with van der Waals surface area (Å²) in [7, 11) is 0. The Bertz CT molecular complexity index is 471. The monoisotopic (exact) mass is 230 g/mol. The SMILES string of the molecule is CCCCCCn1c(CN)cc2ccccc21. The third-order valence-electron chi connectivity index (χ3n) is 3.34. The molecule has 2 heteroatoms. The lowest BCUT2D eigenvalue weighted by Gasteiger charge is -2.09. The van der Waals surface area contributed by atoms with Crippen LogP contribution >= 0.6 is 0 Å². The van der Waals surface area contributed by atoms with Gasteiger partial charge in [-0.15, -0.1) is 0 Å². The second-order valence-electron chi connectivity index (χ2n) is 4.61. The highest BCUT2D eigenvalue weighted by Crippen LogP contribution is 2.20. The number of hydrogen-bond acceptors (Lipinski definition) is 1. The Morgan fingerprint density at radius 2 is 1.94 bits per heavy atom. The highest BCUT2D eigenvalue weighted by Gasteiger charge is 2.06. The van der Waals surface area contributed by atoms with Gasteiger partial charge in [-0.05, 0) is 23.9 Å². The first-order valence-corrected chi connectivity index (χ1v) is 6.64. The van der Waals surface area contributed by atoms with E-state index in [1.807, 2.05) is 0 Å². The minimum atomic E-state index is 0.627. The second kappa shape index (κ2) is 5.87. The summed E-state index contributed by atoms with van der Waals surface area (Å²) >= 11 is 0. The van der Waals surface area contributed by atoms with Crippen LogP contribution in [0.25, 0.3) is 10.9 Å². The number of fused-ring (bicyclic) bond motifs is 1.